The van der Waals surface area contributed by atoms with Crippen molar-refractivity contribution in [3.63, 3.8) is 0 Å². The number of carbonyl (C=O) groups is 1. The summed E-state index contributed by atoms with van der Waals surface area (Å²) in [6.07, 6.45) is 5.98. The Kier molecular flexibility index (Phi) is 2.66. The average molecular weight is 209 g/mol. The minimum Gasteiger partial charge on any atom is -0.313 e. The average Bonchev–Trinajstić information content (AvgIpc) is 2.97. The Balaban J connectivity index is 2.09. The van der Waals surface area contributed by atoms with Crippen molar-refractivity contribution in [1.82, 2.24) is 5.32 Å². The minimum atomic E-state index is -0.171. The van der Waals surface area contributed by atoms with E-state index >= 15 is 0 Å². The number of rotatable bonds is 2. The van der Waals surface area contributed by atoms with Crippen molar-refractivity contribution in [2.75, 3.05) is 6.54 Å². The van der Waals surface area contributed by atoms with Crippen LogP contribution in [0.25, 0.3) is 0 Å². The number of ketones is 1. The first kappa shape index (κ1) is 11.1. The summed E-state index contributed by atoms with van der Waals surface area (Å²) in [7, 11) is 0. The van der Waals surface area contributed by atoms with Gasteiger partial charge >= 0.3 is 0 Å². The van der Waals surface area contributed by atoms with Crippen molar-refractivity contribution in [1.29, 1.82) is 0 Å². The van der Waals surface area contributed by atoms with Crippen LogP contribution in [0.2, 0.25) is 0 Å². The largest absolute Gasteiger partial charge is 0.313 e. The fraction of sp³-hybridized carbons (Fsp3) is 0.923. The van der Waals surface area contributed by atoms with Crippen LogP contribution in [0.4, 0.5) is 0 Å². The first-order valence-electron chi connectivity index (χ1n) is 6.25. The third-order valence-electron chi connectivity index (χ3n) is 3.90. The van der Waals surface area contributed by atoms with Crippen molar-refractivity contribution >= 4 is 5.78 Å². The molecule has 15 heavy (non-hydrogen) atoms. The Labute approximate surface area is 92.8 Å². The van der Waals surface area contributed by atoms with E-state index in [2.05, 4.69) is 26.1 Å². The Morgan fingerprint density at radius 3 is 2.33 bits per heavy atom. The third kappa shape index (κ3) is 1.96. The maximum absolute atomic E-state index is 12.4. The Hall–Kier alpha value is -0.370. The van der Waals surface area contributed by atoms with Crippen LogP contribution >= 0.6 is 0 Å². The predicted molar refractivity (Wildman–Crippen MR) is 61.8 cm³/mol. The number of Topliss-reactive ketones (excluding diaryl/α,β-unsaturated/α-hetero) is 1. The molecule has 86 valence electrons. The molecule has 0 amide bonds. The number of hydrogen-bond donors (Lipinski definition) is 1. The smallest absolute Gasteiger partial charge is 0.145 e. The highest BCUT2D eigenvalue weighted by Gasteiger charge is 2.57. The molecular formula is C13H23NO. The van der Waals surface area contributed by atoms with Gasteiger partial charge < -0.3 is 5.32 Å². The first-order valence-corrected chi connectivity index (χ1v) is 6.25. The summed E-state index contributed by atoms with van der Waals surface area (Å²) in [5.74, 6) is 0.481. The number of carbonyl (C=O) groups excluding carboxylic acids is 1. The molecule has 1 aliphatic heterocycles. The molecule has 2 nitrogen and oxygen atoms in total. The molecule has 0 spiro atoms. The van der Waals surface area contributed by atoms with E-state index in [9.17, 15) is 4.79 Å². The van der Waals surface area contributed by atoms with Gasteiger partial charge in [0, 0.05) is 16.9 Å². The zero-order valence-electron chi connectivity index (χ0n) is 10.2. The molecule has 0 aromatic heterocycles. The first-order chi connectivity index (χ1) is 6.97. The molecule has 1 N–H and O–H groups in total. The highest BCUT2D eigenvalue weighted by atomic mass is 16.1. The van der Waals surface area contributed by atoms with Gasteiger partial charge in [0.05, 0.1) is 0 Å². The van der Waals surface area contributed by atoms with Crippen molar-refractivity contribution in [2.24, 2.45) is 10.8 Å². The Morgan fingerprint density at radius 1 is 1.27 bits per heavy atom. The van der Waals surface area contributed by atoms with E-state index in [1.807, 2.05) is 0 Å². The minimum absolute atomic E-state index is 0.0126. The SMILES string of the molecule is CC(C)(C)C(=O)C1(C2CCCCN2)CC1. The Morgan fingerprint density at radius 2 is 1.93 bits per heavy atom. The normalized spacial score (nSPS) is 29.9. The molecule has 2 heteroatoms. The molecular weight excluding hydrogens is 186 g/mol. The number of piperidine rings is 1. The van der Waals surface area contributed by atoms with Crippen LogP contribution in [-0.4, -0.2) is 18.4 Å². The highest BCUT2D eigenvalue weighted by Crippen LogP contribution is 2.54. The van der Waals surface area contributed by atoms with E-state index < -0.39 is 0 Å². The second-order valence-electron chi connectivity index (χ2n) is 6.24. The van der Waals surface area contributed by atoms with Crippen molar-refractivity contribution < 1.29 is 4.79 Å². The lowest BCUT2D eigenvalue weighted by Gasteiger charge is -2.34. The molecule has 0 bridgehead atoms. The molecule has 2 fully saturated rings. The van der Waals surface area contributed by atoms with Gasteiger partial charge in [0.1, 0.15) is 5.78 Å². The Bertz CT molecular complexity index is 254. The van der Waals surface area contributed by atoms with Crippen LogP contribution in [0.3, 0.4) is 0 Å². The van der Waals surface area contributed by atoms with E-state index in [-0.39, 0.29) is 10.8 Å². The summed E-state index contributed by atoms with van der Waals surface area (Å²) < 4.78 is 0. The van der Waals surface area contributed by atoms with Crippen LogP contribution in [0.5, 0.6) is 0 Å². The topological polar surface area (TPSA) is 29.1 Å². The monoisotopic (exact) mass is 209 g/mol. The fourth-order valence-corrected chi connectivity index (χ4v) is 2.94. The lowest BCUT2D eigenvalue weighted by molar-refractivity contribution is -0.133. The third-order valence-corrected chi connectivity index (χ3v) is 3.90. The highest BCUT2D eigenvalue weighted by molar-refractivity contribution is 5.92. The molecule has 2 aliphatic rings. The van der Waals surface area contributed by atoms with E-state index in [1.54, 1.807) is 0 Å². The number of hydrogen-bond acceptors (Lipinski definition) is 2. The van der Waals surface area contributed by atoms with Gasteiger partial charge in [0.2, 0.25) is 0 Å². The van der Waals surface area contributed by atoms with Gasteiger partial charge in [0.15, 0.2) is 0 Å². The van der Waals surface area contributed by atoms with Gasteiger partial charge in [-0.3, -0.25) is 4.79 Å². The lowest BCUT2D eigenvalue weighted by Crippen LogP contribution is -2.47. The van der Waals surface area contributed by atoms with Gasteiger partial charge in [-0.25, -0.2) is 0 Å². The second-order valence-corrected chi connectivity index (χ2v) is 6.24. The molecule has 2 rings (SSSR count). The van der Waals surface area contributed by atoms with Crippen molar-refractivity contribution in [3.8, 4) is 0 Å². The summed E-state index contributed by atoms with van der Waals surface area (Å²) in [6, 6.07) is 0.470. The summed E-state index contributed by atoms with van der Waals surface area (Å²) in [6.45, 7) is 7.26. The second kappa shape index (κ2) is 3.58. The fourth-order valence-electron chi connectivity index (χ4n) is 2.94. The van der Waals surface area contributed by atoms with Crippen LogP contribution < -0.4 is 5.32 Å². The van der Waals surface area contributed by atoms with E-state index in [0.717, 1.165) is 19.4 Å². The van der Waals surface area contributed by atoms with Gasteiger partial charge in [0.25, 0.3) is 0 Å². The zero-order valence-corrected chi connectivity index (χ0v) is 10.2. The number of nitrogens with one attached hydrogen (secondary N) is 1. The van der Waals surface area contributed by atoms with Gasteiger partial charge in [-0.1, -0.05) is 27.2 Å². The molecule has 1 saturated carbocycles. The molecule has 0 aromatic carbocycles. The molecule has 1 aliphatic carbocycles. The van der Waals surface area contributed by atoms with Crippen LogP contribution in [0.1, 0.15) is 52.9 Å². The van der Waals surface area contributed by atoms with Crippen LogP contribution in [0.15, 0.2) is 0 Å². The summed E-state index contributed by atoms with van der Waals surface area (Å²) in [5, 5.41) is 3.55. The van der Waals surface area contributed by atoms with Gasteiger partial charge in [-0.05, 0) is 32.2 Å². The molecule has 1 saturated heterocycles. The summed E-state index contributed by atoms with van der Waals surface area (Å²) >= 11 is 0. The van der Waals surface area contributed by atoms with Gasteiger partial charge in [-0.15, -0.1) is 0 Å². The van der Waals surface area contributed by atoms with Gasteiger partial charge in [-0.2, -0.15) is 0 Å². The molecule has 1 atom stereocenters. The maximum atomic E-state index is 12.4. The van der Waals surface area contributed by atoms with Crippen molar-refractivity contribution in [3.05, 3.63) is 0 Å². The van der Waals surface area contributed by atoms with Crippen LogP contribution in [0, 0.1) is 10.8 Å². The van der Waals surface area contributed by atoms with E-state index in [0.29, 0.717) is 11.8 Å². The zero-order chi connectivity index (χ0) is 11.1. The molecule has 0 radical (unpaired) electrons. The summed E-state index contributed by atoms with van der Waals surface area (Å²) in [4.78, 5) is 12.4. The van der Waals surface area contributed by atoms with Crippen molar-refractivity contribution in [2.45, 2.75) is 58.9 Å². The summed E-state index contributed by atoms with van der Waals surface area (Å²) in [5.41, 5.74) is -0.158. The molecule has 1 unspecified atom stereocenters. The molecule has 1 heterocycles. The van der Waals surface area contributed by atoms with E-state index in [1.165, 1.54) is 19.3 Å². The standard InChI is InChI=1S/C13H23NO/c1-12(2,3)11(15)13(7-8-13)10-6-4-5-9-14-10/h10,14H,4-9H2,1-3H3. The predicted octanol–water partition coefficient (Wildman–Crippen LogP) is 2.52. The quantitative estimate of drug-likeness (QED) is 0.757. The maximum Gasteiger partial charge on any atom is 0.145 e. The van der Waals surface area contributed by atoms with E-state index in [4.69, 9.17) is 0 Å². The van der Waals surface area contributed by atoms with Crippen LogP contribution in [-0.2, 0) is 4.79 Å². The lowest BCUT2D eigenvalue weighted by atomic mass is 9.75. The molecule has 0 aromatic rings.